The normalized spacial score (nSPS) is 11.3. The van der Waals surface area contributed by atoms with Crippen LogP contribution in [0.4, 0.5) is 0 Å². The van der Waals surface area contributed by atoms with Gasteiger partial charge < -0.3 is 0 Å². The molecule has 2 aromatic rings. The molecule has 2 N–H and O–H groups in total. The lowest BCUT2D eigenvalue weighted by molar-refractivity contribution is 0.0928. The minimum Gasteiger partial charge on any atom is -0.287 e. The standard InChI is InChI=1S/C19H20N2O/c1-2-9-18(15-14-16-10-5-3-6-11-16)20-21-19(22)17-12-7-4-8-13-17/h3-13,18,20H,1,14-15H2,(H,21,22). The van der Waals surface area contributed by atoms with Crippen molar-refractivity contribution < 1.29 is 4.79 Å². The molecule has 1 atom stereocenters. The van der Waals surface area contributed by atoms with E-state index in [1.54, 1.807) is 12.1 Å². The second-order valence-electron chi connectivity index (χ2n) is 4.97. The Bertz CT molecular complexity index is 631. The molecule has 1 unspecified atom stereocenters. The molecule has 0 aliphatic heterocycles. The predicted molar refractivity (Wildman–Crippen MR) is 89.3 cm³/mol. The Balaban J connectivity index is 1.86. The van der Waals surface area contributed by atoms with Crippen molar-refractivity contribution in [2.24, 2.45) is 0 Å². The summed E-state index contributed by atoms with van der Waals surface area (Å²) in [6.07, 6.45) is 3.59. The molecule has 0 aliphatic carbocycles. The first-order valence-corrected chi connectivity index (χ1v) is 7.30. The predicted octanol–water partition coefficient (Wildman–Crippen LogP) is 3.26. The van der Waals surface area contributed by atoms with Gasteiger partial charge in [-0.15, -0.1) is 5.73 Å². The molecule has 0 saturated heterocycles. The van der Waals surface area contributed by atoms with Crippen molar-refractivity contribution in [1.82, 2.24) is 10.9 Å². The Labute approximate surface area is 131 Å². The summed E-state index contributed by atoms with van der Waals surface area (Å²) in [5, 5.41) is 0. The summed E-state index contributed by atoms with van der Waals surface area (Å²) in [6.45, 7) is 3.61. The lowest BCUT2D eigenvalue weighted by Gasteiger charge is -2.15. The second kappa shape index (κ2) is 8.63. The third-order valence-corrected chi connectivity index (χ3v) is 3.31. The quantitative estimate of drug-likeness (QED) is 0.607. The van der Waals surface area contributed by atoms with E-state index >= 15 is 0 Å². The molecule has 0 aliphatic rings. The molecule has 3 nitrogen and oxygen atoms in total. The van der Waals surface area contributed by atoms with Gasteiger partial charge in [-0.2, -0.15) is 0 Å². The van der Waals surface area contributed by atoms with Crippen molar-refractivity contribution in [1.29, 1.82) is 0 Å². The summed E-state index contributed by atoms with van der Waals surface area (Å²) in [4.78, 5) is 12.0. The minimum atomic E-state index is -0.150. The summed E-state index contributed by atoms with van der Waals surface area (Å²) in [5.74, 6) is -0.150. The number of hydrogen-bond donors (Lipinski definition) is 2. The van der Waals surface area contributed by atoms with E-state index in [1.807, 2.05) is 42.5 Å². The van der Waals surface area contributed by atoms with Gasteiger partial charge in [0.05, 0.1) is 6.04 Å². The first-order chi connectivity index (χ1) is 10.8. The Morgan fingerprint density at radius 2 is 1.73 bits per heavy atom. The van der Waals surface area contributed by atoms with Gasteiger partial charge >= 0.3 is 0 Å². The van der Waals surface area contributed by atoms with E-state index in [1.165, 1.54) is 5.56 Å². The number of nitrogens with one attached hydrogen (secondary N) is 2. The van der Waals surface area contributed by atoms with E-state index in [9.17, 15) is 4.79 Å². The van der Waals surface area contributed by atoms with Crippen molar-refractivity contribution in [3.05, 3.63) is 90.2 Å². The Morgan fingerprint density at radius 3 is 2.36 bits per heavy atom. The number of benzene rings is 2. The maximum Gasteiger partial charge on any atom is 0.265 e. The molecule has 0 radical (unpaired) electrons. The Morgan fingerprint density at radius 1 is 1.09 bits per heavy atom. The van der Waals surface area contributed by atoms with Gasteiger partial charge in [0.15, 0.2) is 0 Å². The molecular weight excluding hydrogens is 272 g/mol. The van der Waals surface area contributed by atoms with Gasteiger partial charge in [-0.3, -0.25) is 10.2 Å². The second-order valence-corrected chi connectivity index (χ2v) is 4.97. The molecule has 0 aromatic heterocycles. The number of hydrogen-bond acceptors (Lipinski definition) is 2. The zero-order valence-electron chi connectivity index (χ0n) is 12.5. The molecular formula is C19H20N2O. The van der Waals surface area contributed by atoms with Crippen LogP contribution in [0.1, 0.15) is 22.3 Å². The molecule has 3 heteroatoms. The average molecular weight is 292 g/mol. The molecule has 0 saturated carbocycles. The van der Waals surface area contributed by atoms with E-state index in [0.717, 1.165) is 12.8 Å². The van der Waals surface area contributed by atoms with Crippen LogP contribution in [0, 0.1) is 0 Å². The minimum absolute atomic E-state index is 0.00892. The van der Waals surface area contributed by atoms with E-state index in [2.05, 4.69) is 35.3 Å². The highest BCUT2D eigenvalue weighted by atomic mass is 16.2. The molecule has 0 heterocycles. The number of amides is 1. The fraction of sp³-hybridized carbons (Fsp3) is 0.158. The third-order valence-electron chi connectivity index (χ3n) is 3.31. The topological polar surface area (TPSA) is 41.1 Å². The van der Waals surface area contributed by atoms with E-state index in [0.29, 0.717) is 5.56 Å². The van der Waals surface area contributed by atoms with Crippen LogP contribution < -0.4 is 10.9 Å². The molecule has 0 spiro atoms. The first-order valence-electron chi connectivity index (χ1n) is 7.30. The maximum absolute atomic E-state index is 12.0. The number of carbonyl (C=O) groups is 1. The van der Waals surface area contributed by atoms with Gasteiger partial charge in [0.2, 0.25) is 0 Å². The van der Waals surface area contributed by atoms with Crippen molar-refractivity contribution in [3.63, 3.8) is 0 Å². The monoisotopic (exact) mass is 292 g/mol. The molecule has 2 aromatic carbocycles. The van der Waals surface area contributed by atoms with Crippen LogP contribution in [0.25, 0.3) is 0 Å². The van der Waals surface area contributed by atoms with Crippen LogP contribution in [0.5, 0.6) is 0 Å². The van der Waals surface area contributed by atoms with Crippen molar-refractivity contribution in [2.75, 3.05) is 0 Å². The summed E-state index contributed by atoms with van der Waals surface area (Å²) < 4.78 is 0. The summed E-state index contributed by atoms with van der Waals surface area (Å²) >= 11 is 0. The van der Waals surface area contributed by atoms with Gasteiger partial charge in [0.25, 0.3) is 5.91 Å². The fourth-order valence-corrected chi connectivity index (χ4v) is 2.13. The van der Waals surface area contributed by atoms with Gasteiger partial charge in [-0.05, 0) is 36.6 Å². The molecule has 0 fully saturated rings. The van der Waals surface area contributed by atoms with Crippen LogP contribution >= 0.6 is 0 Å². The molecule has 112 valence electrons. The number of carbonyl (C=O) groups excluding carboxylic acids is 1. The number of hydrazine groups is 1. The zero-order valence-corrected chi connectivity index (χ0v) is 12.5. The SMILES string of the molecule is C=C=CC(CCc1ccccc1)NNC(=O)c1ccccc1. The van der Waals surface area contributed by atoms with Gasteiger partial charge in [0, 0.05) is 5.56 Å². The van der Waals surface area contributed by atoms with Crippen molar-refractivity contribution in [3.8, 4) is 0 Å². The highest BCUT2D eigenvalue weighted by molar-refractivity contribution is 5.93. The van der Waals surface area contributed by atoms with Crippen LogP contribution in [-0.4, -0.2) is 11.9 Å². The highest BCUT2D eigenvalue weighted by Gasteiger charge is 2.08. The molecule has 2 rings (SSSR count). The lowest BCUT2D eigenvalue weighted by atomic mass is 10.1. The van der Waals surface area contributed by atoms with Crippen molar-refractivity contribution in [2.45, 2.75) is 18.9 Å². The smallest absolute Gasteiger partial charge is 0.265 e. The van der Waals surface area contributed by atoms with Gasteiger partial charge in [0.1, 0.15) is 0 Å². The fourth-order valence-electron chi connectivity index (χ4n) is 2.13. The number of rotatable bonds is 7. The van der Waals surface area contributed by atoms with Crippen LogP contribution in [-0.2, 0) is 6.42 Å². The maximum atomic E-state index is 12.0. The molecule has 1 amide bonds. The van der Waals surface area contributed by atoms with Gasteiger partial charge in [-0.1, -0.05) is 55.1 Å². The average Bonchev–Trinajstić information content (AvgIpc) is 2.59. The Hall–Kier alpha value is -2.61. The summed E-state index contributed by atoms with van der Waals surface area (Å²) in [6, 6.07) is 19.3. The van der Waals surface area contributed by atoms with E-state index in [-0.39, 0.29) is 11.9 Å². The van der Waals surface area contributed by atoms with Crippen LogP contribution in [0.3, 0.4) is 0 Å². The van der Waals surface area contributed by atoms with E-state index in [4.69, 9.17) is 0 Å². The molecule has 22 heavy (non-hydrogen) atoms. The van der Waals surface area contributed by atoms with Gasteiger partial charge in [-0.25, -0.2) is 5.43 Å². The lowest BCUT2D eigenvalue weighted by Crippen LogP contribution is -2.43. The number of aryl methyl sites for hydroxylation is 1. The largest absolute Gasteiger partial charge is 0.287 e. The summed E-state index contributed by atoms with van der Waals surface area (Å²) in [5.41, 5.74) is 10.4. The Kier molecular flexibility index (Phi) is 6.18. The van der Waals surface area contributed by atoms with E-state index < -0.39 is 0 Å². The van der Waals surface area contributed by atoms with Crippen molar-refractivity contribution >= 4 is 5.91 Å². The highest BCUT2D eigenvalue weighted by Crippen LogP contribution is 2.05. The zero-order chi connectivity index (χ0) is 15.6. The van der Waals surface area contributed by atoms with Crippen LogP contribution in [0.15, 0.2) is 79.0 Å². The molecule has 0 bridgehead atoms. The first kappa shape index (κ1) is 15.8. The summed E-state index contributed by atoms with van der Waals surface area (Å²) in [7, 11) is 0. The third kappa shape index (κ3) is 5.06. The van der Waals surface area contributed by atoms with Crippen LogP contribution in [0.2, 0.25) is 0 Å².